The monoisotopic (exact) mass is 240 g/mol. The van der Waals surface area contributed by atoms with Crippen LogP contribution in [-0.4, -0.2) is 15.9 Å². The maximum absolute atomic E-state index is 8.77. The van der Waals surface area contributed by atoms with Crippen LogP contribution in [0.4, 0.5) is 0 Å². The Balaban J connectivity index is 2.54. The molecule has 2 rings (SSSR count). The van der Waals surface area contributed by atoms with Crippen LogP contribution < -0.4 is 0 Å². The minimum atomic E-state index is 0.745. The molecule has 13 heavy (non-hydrogen) atoms. The van der Waals surface area contributed by atoms with E-state index in [2.05, 4.69) is 26.1 Å². The van der Waals surface area contributed by atoms with E-state index in [9.17, 15) is 0 Å². The topological polar surface area (TPSA) is 45.5 Å². The number of hydrogen-bond acceptors (Lipinski definition) is 3. The van der Waals surface area contributed by atoms with Crippen molar-refractivity contribution < 1.29 is 5.21 Å². The van der Waals surface area contributed by atoms with Crippen molar-refractivity contribution in [2.75, 3.05) is 0 Å². The van der Waals surface area contributed by atoms with Gasteiger partial charge < -0.3 is 5.21 Å². The summed E-state index contributed by atoms with van der Waals surface area (Å²) in [5.41, 5.74) is 2.75. The summed E-state index contributed by atoms with van der Waals surface area (Å²) < 4.78 is 0.925. The molecule has 1 N–H and O–H groups in total. The maximum Gasteiger partial charge on any atom is 0.0886 e. The highest BCUT2D eigenvalue weighted by Crippen LogP contribution is 2.22. The summed E-state index contributed by atoms with van der Waals surface area (Å²) in [5, 5.41) is 12.1. The van der Waals surface area contributed by atoms with Gasteiger partial charge in [-0.05, 0) is 41.3 Å². The number of hydrogen-bond donors (Lipinski definition) is 1. The second-order valence-corrected chi connectivity index (χ2v) is 3.96. The van der Waals surface area contributed by atoms with E-state index in [0.717, 1.165) is 40.7 Å². The Morgan fingerprint density at radius 2 is 2.31 bits per heavy atom. The second-order valence-electron chi connectivity index (χ2n) is 3.05. The first-order valence-corrected chi connectivity index (χ1v) is 4.96. The molecule has 0 amide bonds. The fraction of sp³-hybridized carbons (Fsp3) is 0.333. The number of aryl methyl sites for hydroxylation is 1. The van der Waals surface area contributed by atoms with Crippen molar-refractivity contribution in [3.8, 4) is 0 Å². The van der Waals surface area contributed by atoms with Crippen LogP contribution in [0.2, 0.25) is 0 Å². The van der Waals surface area contributed by atoms with Crippen molar-refractivity contribution in [2.45, 2.75) is 19.3 Å². The number of fused-ring (bicyclic) bond motifs is 1. The molecule has 1 aromatic rings. The molecule has 0 radical (unpaired) electrons. The summed E-state index contributed by atoms with van der Waals surface area (Å²) in [6.07, 6.45) is 4.60. The van der Waals surface area contributed by atoms with Gasteiger partial charge in [0.15, 0.2) is 0 Å². The highest BCUT2D eigenvalue weighted by Gasteiger charge is 2.16. The van der Waals surface area contributed by atoms with Crippen LogP contribution in [0.1, 0.15) is 24.1 Å². The van der Waals surface area contributed by atoms with E-state index >= 15 is 0 Å². The number of halogens is 1. The average Bonchev–Trinajstić information content (AvgIpc) is 2.17. The third-order valence-corrected chi connectivity index (χ3v) is 2.63. The molecule has 0 saturated carbocycles. The summed E-state index contributed by atoms with van der Waals surface area (Å²) in [6.45, 7) is 0. The zero-order valence-corrected chi connectivity index (χ0v) is 8.58. The second kappa shape index (κ2) is 3.46. The molecule has 0 fully saturated rings. The molecule has 0 aromatic carbocycles. The van der Waals surface area contributed by atoms with Crippen molar-refractivity contribution in [2.24, 2.45) is 5.16 Å². The number of pyridine rings is 1. The van der Waals surface area contributed by atoms with Gasteiger partial charge >= 0.3 is 0 Å². The lowest BCUT2D eigenvalue weighted by atomic mass is 9.94. The van der Waals surface area contributed by atoms with Crippen LogP contribution >= 0.6 is 15.9 Å². The van der Waals surface area contributed by atoms with E-state index in [1.807, 2.05) is 6.07 Å². The summed E-state index contributed by atoms with van der Waals surface area (Å²) in [5.74, 6) is 0. The van der Waals surface area contributed by atoms with Gasteiger partial charge in [-0.2, -0.15) is 0 Å². The van der Waals surface area contributed by atoms with Crippen molar-refractivity contribution in [1.82, 2.24) is 4.98 Å². The molecule has 0 saturated heterocycles. The van der Waals surface area contributed by atoms with Gasteiger partial charge in [0.25, 0.3) is 0 Å². The molecule has 0 spiro atoms. The predicted molar refractivity (Wildman–Crippen MR) is 53.2 cm³/mol. The van der Waals surface area contributed by atoms with Gasteiger partial charge in [-0.3, -0.25) is 4.98 Å². The molecule has 1 aliphatic carbocycles. The van der Waals surface area contributed by atoms with Gasteiger partial charge in [0.1, 0.15) is 0 Å². The Labute approximate surface area is 84.6 Å². The molecule has 1 aliphatic rings. The highest BCUT2D eigenvalue weighted by atomic mass is 79.9. The van der Waals surface area contributed by atoms with Crippen molar-refractivity contribution in [3.63, 3.8) is 0 Å². The molecule has 68 valence electrons. The molecule has 0 aliphatic heterocycles. The van der Waals surface area contributed by atoms with Crippen LogP contribution in [0.15, 0.2) is 21.9 Å². The number of aromatic nitrogens is 1. The zero-order chi connectivity index (χ0) is 9.26. The van der Waals surface area contributed by atoms with Crippen LogP contribution in [0.25, 0.3) is 0 Å². The highest BCUT2D eigenvalue weighted by molar-refractivity contribution is 9.10. The summed E-state index contributed by atoms with van der Waals surface area (Å²) >= 11 is 3.35. The molecular weight excluding hydrogens is 232 g/mol. The van der Waals surface area contributed by atoms with Gasteiger partial charge in [0.05, 0.1) is 5.71 Å². The first-order chi connectivity index (χ1) is 6.31. The van der Waals surface area contributed by atoms with Gasteiger partial charge in [-0.15, -0.1) is 0 Å². The smallest absolute Gasteiger partial charge is 0.0886 e. The van der Waals surface area contributed by atoms with Gasteiger partial charge in [-0.25, -0.2) is 0 Å². The van der Waals surface area contributed by atoms with E-state index in [4.69, 9.17) is 5.21 Å². The van der Waals surface area contributed by atoms with Crippen molar-refractivity contribution in [3.05, 3.63) is 28.0 Å². The Kier molecular flexibility index (Phi) is 2.31. The third kappa shape index (κ3) is 1.58. The fourth-order valence-electron chi connectivity index (χ4n) is 1.58. The van der Waals surface area contributed by atoms with Gasteiger partial charge in [0, 0.05) is 21.9 Å². The van der Waals surface area contributed by atoms with E-state index in [0.29, 0.717) is 0 Å². The number of rotatable bonds is 0. The average molecular weight is 241 g/mol. The van der Waals surface area contributed by atoms with Crippen LogP contribution in [0, 0.1) is 0 Å². The molecular formula is C9H9BrN2O. The Hall–Kier alpha value is -0.900. The lowest BCUT2D eigenvalue weighted by molar-refractivity contribution is 0.317. The molecule has 1 heterocycles. The molecule has 4 heteroatoms. The minimum absolute atomic E-state index is 0.745. The SMILES string of the molecule is O/N=C1\CCCc2ncc(Br)cc21. The van der Waals surface area contributed by atoms with E-state index in [1.165, 1.54) is 0 Å². The fourth-order valence-corrected chi connectivity index (χ4v) is 1.91. The Morgan fingerprint density at radius 3 is 3.08 bits per heavy atom. The first kappa shape index (κ1) is 8.69. The van der Waals surface area contributed by atoms with E-state index in [-0.39, 0.29) is 0 Å². The van der Waals surface area contributed by atoms with E-state index in [1.54, 1.807) is 6.20 Å². The largest absolute Gasteiger partial charge is 0.411 e. The third-order valence-electron chi connectivity index (χ3n) is 2.20. The van der Waals surface area contributed by atoms with Crippen molar-refractivity contribution >= 4 is 21.6 Å². The van der Waals surface area contributed by atoms with Crippen molar-refractivity contribution in [1.29, 1.82) is 0 Å². The predicted octanol–water partition coefficient (Wildman–Crippen LogP) is 2.36. The van der Waals surface area contributed by atoms with E-state index < -0.39 is 0 Å². The molecule has 0 unspecified atom stereocenters. The van der Waals surface area contributed by atoms with Gasteiger partial charge in [0.2, 0.25) is 0 Å². The normalized spacial score (nSPS) is 18.7. The Bertz CT molecular complexity index is 363. The maximum atomic E-state index is 8.77. The Morgan fingerprint density at radius 1 is 1.46 bits per heavy atom. The zero-order valence-electron chi connectivity index (χ0n) is 7.00. The van der Waals surface area contributed by atoms with Crippen LogP contribution in [0.3, 0.4) is 0 Å². The minimum Gasteiger partial charge on any atom is -0.411 e. The summed E-state index contributed by atoms with van der Waals surface area (Å²) in [7, 11) is 0. The summed E-state index contributed by atoms with van der Waals surface area (Å²) in [6, 6.07) is 1.95. The standard InChI is InChI=1S/C9H9BrN2O/c10-6-4-7-8(11-5-6)2-1-3-9(7)12-13/h4-5,13H,1-3H2/b12-9+. The molecule has 0 atom stereocenters. The van der Waals surface area contributed by atoms with Crippen LogP contribution in [0.5, 0.6) is 0 Å². The lowest BCUT2D eigenvalue weighted by Crippen LogP contribution is -2.13. The molecule has 3 nitrogen and oxygen atoms in total. The first-order valence-electron chi connectivity index (χ1n) is 4.17. The number of nitrogens with zero attached hydrogens (tertiary/aromatic N) is 2. The summed E-state index contributed by atoms with van der Waals surface area (Å²) in [4.78, 5) is 4.28. The number of oxime groups is 1. The molecule has 1 aromatic heterocycles. The van der Waals surface area contributed by atoms with Gasteiger partial charge in [-0.1, -0.05) is 5.16 Å². The molecule has 0 bridgehead atoms. The quantitative estimate of drug-likeness (QED) is 0.559. The lowest BCUT2D eigenvalue weighted by Gasteiger charge is -2.15. The van der Waals surface area contributed by atoms with Crippen LogP contribution in [-0.2, 0) is 6.42 Å².